The summed E-state index contributed by atoms with van der Waals surface area (Å²) in [4.78, 5) is 30.3. The van der Waals surface area contributed by atoms with E-state index in [1.807, 2.05) is 29.5 Å². The Morgan fingerprint density at radius 2 is 1.55 bits per heavy atom. The van der Waals surface area contributed by atoms with Crippen LogP contribution in [-0.4, -0.2) is 23.1 Å². The van der Waals surface area contributed by atoms with E-state index < -0.39 is 0 Å². The molecule has 0 bridgehead atoms. The fourth-order valence-electron chi connectivity index (χ4n) is 4.28. The maximum atomic E-state index is 13.1. The van der Waals surface area contributed by atoms with E-state index in [-0.39, 0.29) is 11.2 Å². The van der Waals surface area contributed by atoms with Crippen LogP contribution in [-0.2, 0) is 20.6 Å². The smallest absolute Gasteiger partial charge is 0.305 e. The molecule has 0 spiro atoms. The SMILES string of the molecule is Cc1ccc(-c2c(C)n3c4c(=O)n(C)c(=O)n(C)c4nc3n2Cc2ccccc2)cc1. The van der Waals surface area contributed by atoms with Gasteiger partial charge in [0.2, 0.25) is 5.78 Å². The molecule has 0 aliphatic rings. The number of fused-ring (bicyclic) bond motifs is 3. The van der Waals surface area contributed by atoms with Crippen molar-refractivity contribution in [2.45, 2.75) is 20.4 Å². The maximum Gasteiger partial charge on any atom is 0.332 e. The summed E-state index contributed by atoms with van der Waals surface area (Å²) in [5.41, 5.74) is 5.35. The van der Waals surface area contributed by atoms with Gasteiger partial charge in [-0.05, 0) is 19.4 Å². The van der Waals surface area contributed by atoms with Crippen LogP contribution in [0.15, 0.2) is 64.2 Å². The van der Waals surface area contributed by atoms with Gasteiger partial charge in [-0.2, -0.15) is 4.98 Å². The summed E-state index contributed by atoms with van der Waals surface area (Å²) in [6.45, 7) is 4.65. The van der Waals surface area contributed by atoms with Crippen LogP contribution < -0.4 is 11.2 Å². The molecule has 0 saturated carbocycles. The third kappa shape index (κ3) is 2.77. The molecule has 0 amide bonds. The van der Waals surface area contributed by atoms with Gasteiger partial charge in [-0.1, -0.05) is 60.2 Å². The average Bonchev–Trinajstić information content (AvgIpc) is 3.29. The first-order valence-electron chi connectivity index (χ1n) is 10.2. The van der Waals surface area contributed by atoms with Crippen LogP contribution in [0.25, 0.3) is 28.2 Å². The third-order valence-electron chi connectivity index (χ3n) is 5.94. The van der Waals surface area contributed by atoms with Gasteiger partial charge >= 0.3 is 5.69 Å². The minimum Gasteiger partial charge on any atom is -0.305 e. The van der Waals surface area contributed by atoms with Crippen molar-refractivity contribution in [3.8, 4) is 11.3 Å². The van der Waals surface area contributed by atoms with E-state index in [1.54, 1.807) is 7.05 Å². The summed E-state index contributed by atoms with van der Waals surface area (Å²) in [7, 11) is 3.15. The molecule has 2 aromatic carbocycles. The first-order chi connectivity index (χ1) is 14.9. The summed E-state index contributed by atoms with van der Waals surface area (Å²) in [6.07, 6.45) is 0. The molecule has 0 radical (unpaired) electrons. The normalized spacial score (nSPS) is 11.6. The Balaban J connectivity index is 1.92. The molecule has 156 valence electrons. The fourth-order valence-corrected chi connectivity index (χ4v) is 4.28. The number of hydrogen-bond donors (Lipinski definition) is 0. The van der Waals surface area contributed by atoms with Crippen LogP contribution in [0.3, 0.4) is 0 Å². The second-order valence-electron chi connectivity index (χ2n) is 8.00. The summed E-state index contributed by atoms with van der Waals surface area (Å²) in [5, 5.41) is 0. The Morgan fingerprint density at radius 1 is 0.871 bits per heavy atom. The van der Waals surface area contributed by atoms with Crippen LogP contribution >= 0.6 is 0 Å². The highest BCUT2D eigenvalue weighted by molar-refractivity contribution is 5.80. The van der Waals surface area contributed by atoms with Crippen LogP contribution in [0.5, 0.6) is 0 Å². The van der Waals surface area contributed by atoms with Crippen molar-refractivity contribution in [2.75, 3.05) is 0 Å². The first-order valence-corrected chi connectivity index (χ1v) is 10.2. The van der Waals surface area contributed by atoms with E-state index in [4.69, 9.17) is 4.98 Å². The van der Waals surface area contributed by atoms with E-state index in [1.165, 1.54) is 17.2 Å². The molecule has 0 fully saturated rings. The van der Waals surface area contributed by atoms with Gasteiger partial charge < -0.3 is 4.57 Å². The van der Waals surface area contributed by atoms with E-state index in [0.29, 0.717) is 23.5 Å². The lowest BCUT2D eigenvalue weighted by atomic mass is 10.1. The van der Waals surface area contributed by atoms with Crippen molar-refractivity contribution < 1.29 is 0 Å². The second kappa shape index (κ2) is 6.84. The van der Waals surface area contributed by atoms with Gasteiger partial charge in [0.1, 0.15) is 0 Å². The van der Waals surface area contributed by atoms with Gasteiger partial charge in [-0.25, -0.2) is 4.79 Å². The Bertz CT molecular complexity index is 1570. The third-order valence-corrected chi connectivity index (χ3v) is 5.94. The zero-order valence-electron chi connectivity index (χ0n) is 18.0. The lowest BCUT2D eigenvalue weighted by Crippen LogP contribution is -2.37. The highest BCUT2D eigenvalue weighted by Crippen LogP contribution is 2.30. The van der Waals surface area contributed by atoms with Gasteiger partial charge in [0.25, 0.3) is 5.56 Å². The molecule has 0 unspecified atom stereocenters. The molecule has 0 atom stereocenters. The summed E-state index contributed by atoms with van der Waals surface area (Å²) >= 11 is 0. The molecule has 31 heavy (non-hydrogen) atoms. The summed E-state index contributed by atoms with van der Waals surface area (Å²) < 4.78 is 6.58. The molecule has 3 aromatic heterocycles. The van der Waals surface area contributed by atoms with Gasteiger partial charge in [-0.3, -0.25) is 18.3 Å². The van der Waals surface area contributed by atoms with Gasteiger partial charge in [0, 0.05) is 25.4 Å². The van der Waals surface area contributed by atoms with Crippen molar-refractivity contribution in [1.29, 1.82) is 0 Å². The number of rotatable bonds is 3. The van der Waals surface area contributed by atoms with Crippen molar-refractivity contribution in [3.63, 3.8) is 0 Å². The molecule has 0 N–H and O–H groups in total. The maximum absolute atomic E-state index is 13.1. The first kappa shape index (κ1) is 19.1. The highest BCUT2D eigenvalue weighted by Gasteiger charge is 2.24. The summed E-state index contributed by atoms with van der Waals surface area (Å²) in [5.74, 6) is 0.644. The number of benzene rings is 2. The Morgan fingerprint density at radius 3 is 2.23 bits per heavy atom. The van der Waals surface area contributed by atoms with Gasteiger partial charge in [0.15, 0.2) is 11.2 Å². The molecule has 3 heterocycles. The molecule has 5 rings (SSSR count). The number of hydrogen-bond acceptors (Lipinski definition) is 3. The van der Waals surface area contributed by atoms with Crippen LogP contribution in [0, 0.1) is 13.8 Å². The van der Waals surface area contributed by atoms with Crippen molar-refractivity contribution in [3.05, 3.63) is 92.3 Å². The zero-order chi connectivity index (χ0) is 21.9. The van der Waals surface area contributed by atoms with Crippen molar-refractivity contribution >= 4 is 16.9 Å². The molecule has 0 aliphatic heterocycles. The molecule has 0 saturated heterocycles. The van der Waals surface area contributed by atoms with E-state index in [0.717, 1.165) is 27.1 Å². The van der Waals surface area contributed by atoms with Crippen molar-refractivity contribution in [1.82, 2.24) is 23.1 Å². The Labute approximate surface area is 178 Å². The minimum absolute atomic E-state index is 0.346. The molecule has 7 heteroatoms. The summed E-state index contributed by atoms with van der Waals surface area (Å²) in [6, 6.07) is 18.5. The highest BCUT2D eigenvalue weighted by atomic mass is 16.2. The minimum atomic E-state index is -0.385. The van der Waals surface area contributed by atoms with Crippen LogP contribution in [0.2, 0.25) is 0 Å². The van der Waals surface area contributed by atoms with Gasteiger partial charge in [-0.15, -0.1) is 0 Å². The average molecular weight is 413 g/mol. The van der Waals surface area contributed by atoms with Crippen molar-refractivity contribution in [2.24, 2.45) is 14.1 Å². The van der Waals surface area contributed by atoms with E-state index in [9.17, 15) is 9.59 Å². The number of aromatic nitrogens is 5. The standard InChI is InChI=1S/C24H23N5O2/c1-15-10-12-18(13-11-15)19-16(2)29-20-21(26(3)24(31)27(4)22(20)30)25-23(29)28(19)14-17-8-6-5-7-9-17/h5-13H,14H2,1-4H3. The zero-order valence-corrected chi connectivity index (χ0v) is 18.0. The quantitative estimate of drug-likeness (QED) is 0.457. The van der Waals surface area contributed by atoms with Crippen LogP contribution in [0.4, 0.5) is 0 Å². The lowest BCUT2D eigenvalue weighted by molar-refractivity contribution is 0.707. The molecule has 0 aliphatic carbocycles. The Hall–Kier alpha value is -3.87. The van der Waals surface area contributed by atoms with Crippen LogP contribution in [0.1, 0.15) is 16.8 Å². The molecular formula is C24H23N5O2. The van der Waals surface area contributed by atoms with Gasteiger partial charge in [0.05, 0.1) is 12.2 Å². The molecular weight excluding hydrogens is 390 g/mol. The molecule has 5 aromatic rings. The topological polar surface area (TPSA) is 66.2 Å². The number of imidazole rings is 2. The monoisotopic (exact) mass is 413 g/mol. The van der Waals surface area contributed by atoms with E-state index >= 15 is 0 Å². The van der Waals surface area contributed by atoms with E-state index in [2.05, 4.69) is 47.9 Å². The second-order valence-corrected chi connectivity index (χ2v) is 8.00. The number of aryl methyl sites for hydroxylation is 3. The predicted octanol–water partition coefficient (Wildman–Crippen LogP) is 3.02. The number of nitrogens with zero attached hydrogens (tertiary/aromatic N) is 5. The largest absolute Gasteiger partial charge is 0.332 e. The fraction of sp³-hybridized carbons (Fsp3) is 0.208. The predicted molar refractivity (Wildman–Crippen MR) is 122 cm³/mol. The Kier molecular flexibility index (Phi) is 4.22. The molecule has 7 nitrogen and oxygen atoms in total. The lowest BCUT2D eigenvalue weighted by Gasteiger charge is -2.11.